The molecule has 2 amide bonds. The molecule has 1 saturated heterocycles. The fourth-order valence-corrected chi connectivity index (χ4v) is 2.31. The van der Waals surface area contributed by atoms with Gasteiger partial charge in [-0.15, -0.1) is 0 Å². The summed E-state index contributed by atoms with van der Waals surface area (Å²) in [6.45, 7) is 0.549. The molecule has 18 heavy (non-hydrogen) atoms. The zero-order chi connectivity index (χ0) is 13.1. The van der Waals surface area contributed by atoms with Gasteiger partial charge < -0.3 is 16.4 Å². The van der Waals surface area contributed by atoms with Crippen LogP contribution in [0.3, 0.4) is 0 Å². The summed E-state index contributed by atoms with van der Waals surface area (Å²) in [5, 5.41) is 0. The molecule has 0 saturated carbocycles. The van der Waals surface area contributed by atoms with Gasteiger partial charge in [0.2, 0.25) is 11.8 Å². The second kappa shape index (κ2) is 5.18. The molecule has 0 bridgehead atoms. The van der Waals surface area contributed by atoms with Crippen molar-refractivity contribution < 1.29 is 9.59 Å². The van der Waals surface area contributed by atoms with Gasteiger partial charge in [0.25, 0.3) is 0 Å². The molecule has 1 aromatic carbocycles. The van der Waals surface area contributed by atoms with E-state index in [-0.39, 0.29) is 5.91 Å². The number of carbonyl (C=O) groups excluding carboxylic acids is 2. The van der Waals surface area contributed by atoms with Crippen molar-refractivity contribution in [3.05, 3.63) is 35.9 Å². The van der Waals surface area contributed by atoms with Gasteiger partial charge >= 0.3 is 0 Å². The van der Waals surface area contributed by atoms with Crippen LogP contribution >= 0.6 is 0 Å². The van der Waals surface area contributed by atoms with Crippen LogP contribution < -0.4 is 11.5 Å². The number of nitrogens with zero attached hydrogens (tertiary/aromatic N) is 1. The molecule has 2 rings (SSSR count). The molecule has 96 valence electrons. The lowest BCUT2D eigenvalue weighted by Gasteiger charge is -2.25. The highest BCUT2D eigenvalue weighted by atomic mass is 16.2. The van der Waals surface area contributed by atoms with Crippen molar-refractivity contribution in [2.75, 3.05) is 6.54 Å². The minimum Gasteiger partial charge on any atom is -0.368 e. The number of rotatable bonds is 3. The highest BCUT2D eigenvalue weighted by Crippen LogP contribution is 2.21. The van der Waals surface area contributed by atoms with Crippen LogP contribution in [0.15, 0.2) is 30.3 Å². The number of nitrogens with two attached hydrogens (primary N) is 2. The van der Waals surface area contributed by atoms with E-state index in [2.05, 4.69) is 0 Å². The largest absolute Gasteiger partial charge is 0.368 e. The molecule has 0 aliphatic carbocycles. The molecule has 1 unspecified atom stereocenters. The molecule has 0 radical (unpaired) electrons. The lowest BCUT2D eigenvalue weighted by molar-refractivity contribution is -0.138. The standard InChI is InChI=1S/C13H17N3O2/c14-11(9-5-2-1-3-6-9)13(18)16-8-4-7-10(16)12(15)17/h1-3,5-6,10-11H,4,7-8,14H2,(H2,15,17)/t10?,11-/m0/s1. The van der Waals surface area contributed by atoms with Crippen molar-refractivity contribution in [3.63, 3.8) is 0 Å². The Hall–Kier alpha value is -1.88. The first-order chi connectivity index (χ1) is 8.61. The molecule has 5 nitrogen and oxygen atoms in total. The van der Waals surface area contributed by atoms with Gasteiger partial charge in [-0.25, -0.2) is 0 Å². The van der Waals surface area contributed by atoms with Crippen LogP contribution in [0.2, 0.25) is 0 Å². The van der Waals surface area contributed by atoms with Gasteiger partial charge in [0.1, 0.15) is 12.1 Å². The molecular weight excluding hydrogens is 230 g/mol. The number of benzene rings is 1. The summed E-state index contributed by atoms with van der Waals surface area (Å²) < 4.78 is 0. The summed E-state index contributed by atoms with van der Waals surface area (Å²) in [6.07, 6.45) is 1.42. The average Bonchev–Trinajstić information content (AvgIpc) is 2.87. The van der Waals surface area contributed by atoms with Gasteiger partial charge in [-0.3, -0.25) is 9.59 Å². The molecule has 1 aliphatic rings. The van der Waals surface area contributed by atoms with Crippen LogP contribution in [0.1, 0.15) is 24.4 Å². The van der Waals surface area contributed by atoms with Crippen LogP contribution in [0.5, 0.6) is 0 Å². The van der Waals surface area contributed by atoms with Crippen LogP contribution in [0.25, 0.3) is 0 Å². The Morgan fingerprint density at radius 3 is 2.56 bits per heavy atom. The van der Waals surface area contributed by atoms with E-state index in [0.717, 1.165) is 12.0 Å². The van der Waals surface area contributed by atoms with Gasteiger partial charge in [0.05, 0.1) is 0 Å². The second-order valence-electron chi connectivity index (χ2n) is 4.48. The molecule has 2 atom stereocenters. The number of hydrogen-bond donors (Lipinski definition) is 2. The molecular formula is C13H17N3O2. The predicted octanol–water partition coefficient (Wildman–Crippen LogP) is 0.163. The zero-order valence-electron chi connectivity index (χ0n) is 10.1. The maximum atomic E-state index is 12.3. The maximum Gasteiger partial charge on any atom is 0.244 e. The first-order valence-electron chi connectivity index (χ1n) is 6.01. The summed E-state index contributed by atoms with van der Waals surface area (Å²) in [5.41, 5.74) is 12.0. The van der Waals surface area contributed by atoms with E-state index in [1.165, 1.54) is 4.90 Å². The van der Waals surface area contributed by atoms with E-state index in [0.29, 0.717) is 13.0 Å². The molecule has 1 aliphatic heterocycles. The van der Waals surface area contributed by atoms with Crippen LogP contribution in [-0.4, -0.2) is 29.3 Å². The fraction of sp³-hybridized carbons (Fsp3) is 0.385. The smallest absolute Gasteiger partial charge is 0.244 e. The monoisotopic (exact) mass is 247 g/mol. The molecule has 5 heteroatoms. The molecule has 0 spiro atoms. The Morgan fingerprint density at radius 2 is 1.94 bits per heavy atom. The molecule has 1 aromatic rings. The first kappa shape index (κ1) is 12.6. The minimum absolute atomic E-state index is 0.234. The fourth-order valence-electron chi connectivity index (χ4n) is 2.31. The Balaban J connectivity index is 2.14. The van der Waals surface area contributed by atoms with Gasteiger partial charge in [0.15, 0.2) is 0 Å². The third-order valence-corrected chi connectivity index (χ3v) is 3.29. The highest BCUT2D eigenvalue weighted by Gasteiger charge is 2.35. The summed E-state index contributed by atoms with van der Waals surface area (Å²) >= 11 is 0. The van der Waals surface area contributed by atoms with E-state index >= 15 is 0 Å². The van der Waals surface area contributed by atoms with Crippen molar-refractivity contribution in [2.24, 2.45) is 11.5 Å². The van der Waals surface area contributed by atoms with Gasteiger partial charge in [0, 0.05) is 6.54 Å². The quantitative estimate of drug-likeness (QED) is 0.797. The van der Waals surface area contributed by atoms with Crippen LogP contribution in [0.4, 0.5) is 0 Å². The highest BCUT2D eigenvalue weighted by molar-refractivity contribution is 5.90. The van der Waals surface area contributed by atoms with E-state index in [9.17, 15) is 9.59 Å². The predicted molar refractivity (Wildman–Crippen MR) is 67.3 cm³/mol. The molecule has 1 heterocycles. The van der Waals surface area contributed by atoms with Crippen molar-refractivity contribution >= 4 is 11.8 Å². The van der Waals surface area contributed by atoms with E-state index in [1.54, 1.807) is 12.1 Å². The Kier molecular flexibility index (Phi) is 3.62. The van der Waals surface area contributed by atoms with Crippen molar-refractivity contribution in [1.29, 1.82) is 0 Å². The number of primary amides is 1. The topological polar surface area (TPSA) is 89.4 Å². The number of amides is 2. The van der Waals surface area contributed by atoms with Crippen LogP contribution in [-0.2, 0) is 9.59 Å². The number of likely N-dealkylation sites (tertiary alicyclic amines) is 1. The second-order valence-corrected chi connectivity index (χ2v) is 4.48. The van der Waals surface area contributed by atoms with Crippen molar-refractivity contribution in [2.45, 2.75) is 24.9 Å². The zero-order valence-corrected chi connectivity index (χ0v) is 10.1. The third-order valence-electron chi connectivity index (χ3n) is 3.29. The third kappa shape index (κ3) is 2.36. The summed E-state index contributed by atoms with van der Waals surface area (Å²) in [7, 11) is 0. The van der Waals surface area contributed by atoms with E-state index < -0.39 is 18.0 Å². The van der Waals surface area contributed by atoms with E-state index in [1.807, 2.05) is 18.2 Å². The summed E-state index contributed by atoms with van der Waals surface area (Å²) in [5.74, 6) is -0.691. The lowest BCUT2D eigenvalue weighted by Crippen LogP contribution is -2.47. The molecule has 1 fully saturated rings. The van der Waals surface area contributed by atoms with Gasteiger partial charge in [-0.05, 0) is 18.4 Å². The van der Waals surface area contributed by atoms with E-state index in [4.69, 9.17) is 11.5 Å². The Morgan fingerprint density at radius 1 is 1.28 bits per heavy atom. The van der Waals surface area contributed by atoms with Crippen LogP contribution in [0, 0.1) is 0 Å². The number of hydrogen-bond acceptors (Lipinski definition) is 3. The number of carbonyl (C=O) groups is 2. The van der Waals surface area contributed by atoms with Gasteiger partial charge in [-0.2, -0.15) is 0 Å². The molecule has 4 N–H and O–H groups in total. The van der Waals surface area contributed by atoms with Crippen molar-refractivity contribution in [1.82, 2.24) is 4.90 Å². The summed E-state index contributed by atoms with van der Waals surface area (Å²) in [6, 6.07) is 7.90. The SMILES string of the molecule is NC(=O)C1CCCN1C(=O)[C@@H](N)c1ccccc1. The Bertz CT molecular complexity index is 447. The maximum absolute atomic E-state index is 12.3. The minimum atomic E-state index is -0.730. The first-order valence-corrected chi connectivity index (χ1v) is 6.01. The lowest BCUT2D eigenvalue weighted by atomic mass is 10.1. The summed E-state index contributed by atoms with van der Waals surface area (Å²) in [4.78, 5) is 25.0. The normalized spacial score (nSPS) is 20.7. The average molecular weight is 247 g/mol. The Labute approximate surface area is 106 Å². The molecule has 0 aromatic heterocycles. The van der Waals surface area contributed by atoms with Gasteiger partial charge in [-0.1, -0.05) is 30.3 Å². The van der Waals surface area contributed by atoms with Crippen molar-refractivity contribution in [3.8, 4) is 0 Å².